The summed E-state index contributed by atoms with van der Waals surface area (Å²) in [5.41, 5.74) is 2.78. The van der Waals surface area contributed by atoms with E-state index in [1.165, 1.54) is 16.8 Å². The first-order chi connectivity index (χ1) is 16.1. The summed E-state index contributed by atoms with van der Waals surface area (Å²) in [6.07, 6.45) is 1.55. The summed E-state index contributed by atoms with van der Waals surface area (Å²) in [7, 11) is 1.55. The zero-order valence-corrected chi connectivity index (χ0v) is 17.5. The van der Waals surface area contributed by atoms with Crippen LogP contribution in [-0.2, 0) is 4.74 Å². The highest BCUT2D eigenvalue weighted by Gasteiger charge is 2.17. The van der Waals surface area contributed by atoms with Gasteiger partial charge in [0.1, 0.15) is 18.0 Å². The molecule has 9 nitrogen and oxygen atoms in total. The molecule has 0 aliphatic carbocycles. The van der Waals surface area contributed by atoms with Crippen LogP contribution < -0.4 is 10.3 Å². The van der Waals surface area contributed by atoms with E-state index in [9.17, 15) is 9.18 Å². The van der Waals surface area contributed by atoms with E-state index < -0.39 is 5.82 Å². The molecule has 33 heavy (non-hydrogen) atoms. The molecule has 0 atom stereocenters. The van der Waals surface area contributed by atoms with Gasteiger partial charge in [-0.15, -0.1) is 0 Å². The Bertz CT molecular complexity index is 1470. The molecule has 0 unspecified atom stereocenters. The van der Waals surface area contributed by atoms with Crippen LogP contribution in [0.15, 0.2) is 70.1 Å². The van der Waals surface area contributed by atoms with E-state index >= 15 is 0 Å². The van der Waals surface area contributed by atoms with E-state index in [4.69, 9.17) is 14.0 Å². The van der Waals surface area contributed by atoms with E-state index in [0.29, 0.717) is 40.3 Å². The fourth-order valence-corrected chi connectivity index (χ4v) is 3.40. The van der Waals surface area contributed by atoms with Gasteiger partial charge in [0, 0.05) is 42.5 Å². The van der Waals surface area contributed by atoms with Crippen LogP contribution in [0, 0.1) is 5.82 Å². The lowest BCUT2D eigenvalue weighted by Crippen LogP contribution is -2.18. The fourth-order valence-electron chi connectivity index (χ4n) is 3.40. The quantitative estimate of drug-likeness (QED) is 0.380. The Kier molecular flexibility index (Phi) is 5.41. The lowest BCUT2D eigenvalue weighted by atomic mass is 10.1. The summed E-state index contributed by atoms with van der Waals surface area (Å²) in [5, 5.41) is 15.9. The molecule has 0 aliphatic rings. The Morgan fingerprint density at radius 1 is 1.12 bits per heavy atom. The molecule has 0 amide bonds. The van der Waals surface area contributed by atoms with Gasteiger partial charge in [0.25, 0.3) is 5.56 Å². The predicted molar refractivity (Wildman–Crippen MR) is 118 cm³/mol. The Morgan fingerprint density at radius 3 is 2.76 bits per heavy atom. The molecule has 0 aliphatic heterocycles. The summed E-state index contributed by atoms with van der Waals surface area (Å²) in [5.74, 6) is -0.0184. The second kappa shape index (κ2) is 8.67. The molecule has 2 aromatic carbocycles. The average molecular weight is 447 g/mol. The lowest BCUT2D eigenvalue weighted by molar-refractivity contribution is 0.144. The molecule has 1 N–H and O–H groups in total. The number of H-pyrrole nitrogens is 1. The average Bonchev–Trinajstić information content (AvgIpc) is 3.47. The van der Waals surface area contributed by atoms with Crippen molar-refractivity contribution in [3.63, 3.8) is 0 Å². The van der Waals surface area contributed by atoms with Gasteiger partial charge in [-0.2, -0.15) is 14.9 Å². The number of aromatic amines is 1. The molecule has 3 heterocycles. The molecule has 10 heteroatoms. The van der Waals surface area contributed by atoms with Gasteiger partial charge in [0.05, 0.1) is 17.8 Å². The molecule has 0 saturated heterocycles. The highest BCUT2D eigenvalue weighted by atomic mass is 19.1. The number of rotatable bonds is 7. The van der Waals surface area contributed by atoms with Crippen molar-refractivity contribution in [2.45, 2.75) is 0 Å². The van der Waals surface area contributed by atoms with Crippen molar-refractivity contribution in [3.05, 3.63) is 77.0 Å². The van der Waals surface area contributed by atoms with Crippen molar-refractivity contribution in [1.29, 1.82) is 0 Å². The van der Waals surface area contributed by atoms with Crippen LogP contribution >= 0.6 is 0 Å². The number of benzene rings is 2. The van der Waals surface area contributed by atoms with Gasteiger partial charge in [0.15, 0.2) is 17.3 Å². The number of methoxy groups -OCH3 is 1. The van der Waals surface area contributed by atoms with Crippen LogP contribution in [0.4, 0.5) is 4.39 Å². The van der Waals surface area contributed by atoms with Crippen LogP contribution in [-0.4, -0.2) is 45.5 Å². The summed E-state index contributed by atoms with van der Waals surface area (Å²) in [4.78, 5) is 12.0. The topological polar surface area (TPSA) is 108 Å². The summed E-state index contributed by atoms with van der Waals surface area (Å²) in [6.45, 7) is 0.589. The highest BCUT2D eigenvalue weighted by Crippen LogP contribution is 2.33. The molecule has 0 bridgehead atoms. The number of hydrogen-bond donors (Lipinski definition) is 1. The molecule has 5 rings (SSSR count). The van der Waals surface area contributed by atoms with Crippen LogP contribution in [0.3, 0.4) is 0 Å². The molecule has 166 valence electrons. The van der Waals surface area contributed by atoms with E-state index in [1.54, 1.807) is 43.6 Å². The largest absolute Gasteiger partial charge is 0.488 e. The van der Waals surface area contributed by atoms with Gasteiger partial charge in [-0.1, -0.05) is 17.3 Å². The number of nitrogens with zero attached hydrogens (tertiary/aromatic N) is 4. The number of nitrogens with one attached hydrogen (secondary N) is 1. The number of ether oxygens (including phenoxy) is 2. The third-order valence-electron chi connectivity index (χ3n) is 5.03. The van der Waals surface area contributed by atoms with Crippen molar-refractivity contribution in [2.75, 3.05) is 20.3 Å². The van der Waals surface area contributed by atoms with Gasteiger partial charge in [-0.05, 0) is 24.3 Å². The van der Waals surface area contributed by atoms with Crippen LogP contribution in [0.1, 0.15) is 0 Å². The van der Waals surface area contributed by atoms with E-state index in [-0.39, 0.29) is 17.9 Å². The Hall–Kier alpha value is -4.31. The molecule has 5 aromatic rings. The third-order valence-corrected chi connectivity index (χ3v) is 5.03. The maximum atomic E-state index is 14.5. The van der Waals surface area contributed by atoms with Crippen molar-refractivity contribution in [3.8, 4) is 34.1 Å². The van der Waals surface area contributed by atoms with Gasteiger partial charge in [0.2, 0.25) is 0 Å². The number of halogens is 1. The lowest BCUT2D eigenvalue weighted by Gasteiger charge is -2.06. The fraction of sp³-hybridized carbons (Fsp3) is 0.130. The molecular weight excluding hydrogens is 429 g/mol. The summed E-state index contributed by atoms with van der Waals surface area (Å²) >= 11 is 0. The summed E-state index contributed by atoms with van der Waals surface area (Å²) < 4.78 is 31.6. The van der Waals surface area contributed by atoms with Crippen LogP contribution in [0.5, 0.6) is 5.75 Å². The SMILES string of the molecule is COCCOc1cc2[nH]nc(-c3cc(-c4ccc(-n5ncccc5=O)cc4)no3)c2cc1F. The maximum absolute atomic E-state index is 14.5. The second-order valence-electron chi connectivity index (χ2n) is 7.14. The first-order valence-corrected chi connectivity index (χ1v) is 10.1. The monoisotopic (exact) mass is 447 g/mol. The molecular formula is C23H18FN5O4. The molecule has 0 radical (unpaired) electrons. The Labute approximate surface area is 186 Å². The zero-order chi connectivity index (χ0) is 22.8. The number of fused-ring (bicyclic) bond motifs is 1. The minimum absolute atomic E-state index is 0.111. The minimum atomic E-state index is -0.513. The third kappa shape index (κ3) is 3.99. The van der Waals surface area contributed by atoms with Crippen molar-refractivity contribution in [1.82, 2.24) is 25.1 Å². The zero-order valence-electron chi connectivity index (χ0n) is 17.5. The van der Waals surface area contributed by atoms with Crippen molar-refractivity contribution in [2.24, 2.45) is 0 Å². The van der Waals surface area contributed by atoms with Gasteiger partial charge in [-0.25, -0.2) is 4.39 Å². The van der Waals surface area contributed by atoms with E-state index in [2.05, 4.69) is 20.5 Å². The molecule has 0 spiro atoms. The van der Waals surface area contributed by atoms with Crippen LogP contribution in [0.25, 0.3) is 39.3 Å². The number of hydrogen-bond acceptors (Lipinski definition) is 7. The van der Waals surface area contributed by atoms with Crippen molar-refractivity contribution < 1.29 is 18.4 Å². The van der Waals surface area contributed by atoms with Crippen LogP contribution in [0.2, 0.25) is 0 Å². The highest BCUT2D eigenvalue weighted by molar-refractivity contribution is 5.92. The van der Waals surface area contributed by atoms with Gasteiger partial charge < -0.3 is 14.0 Å². The maximum Gasteiger partial charge on any atom is 0.271 e. The normalized spacial score (nSPS) is 11.2. The Morgan fingerprint density at radius 2 is 1.97 bits per heavy atom. The predicted octanol–water partition coefficient (Wildman–Crippen LogP) is 3.60. The molecule has 0 saturated carbocycles. The minimum Gasteiger partial charge on any atom is -0.488 e. The number of aromatic nitrogens is 5. The molecule has 3 aromatic heterocycles. The van der Waals surface area contributed by atoms with Gasteiger partial charge >= 0.3 is 0 Å². The first-order valence-electron chi connectivity index (χ1n) is 10.1. The van der Waals surface area contributed by atoms with Gasteiger partial charge in [-0.3, -0.25) is 9.89 Å². The Balaban J connectivity index is 1.42. The summed E-state index contributed by atoms with van der Waals surface area (Å²) in [6, 6.07) is 14.8. The van der Waals surface area contributed by atoms with E-state index in [0.717, 1.165) is 5.56 Å². The first kappa shape index (κ1) is 20.6. The van der Waals surface area contributed by atoms with E-state index in [1.807, 2.05) is 12.1 Å². The smallest absolute Gasteiger partial charge is 0.271 e. The van der Waals surface area contributed by atoms with Crippen molar-refractivity contribution >= 4 is 10.9 Å². The molecule has 0 fully saturated rings. The second-order valence-corrected chi connectivity index (χ2v) is 7.14. The standard InChI is InChI=1S/C23H18FN5O4/c1-31-9-10-32-20-13-19-16(11-17(20)24)23(27-26-19)21-12-18(28-33-21)14-4-6-15(7-5-14)29-22(30)3-2-8-25-29/h2-8,11-13H,9-10H2,1H3,(H,26,27).